The molecule has 38 heavy (non-hydrogen) atoms. The van der Waals surface area contributed by atoms with Crippen molar-refractivity contribution < 1.29 is 14.8 Å². The third-order valence-corrected chi connectivity index (χ3v) is 8.15. The fourth-order valence-electron chi connectivity index (χ4n) is 6.13. The summed E-state index contributed by atoms with van der Waals surface area (Å²) in [4.78, 5) is 2.05. The summed E-state index contributed by atoms with van der Waals surface area (Å²) in [5, 5.41) is 40.9. The predicted molar refractivity (Wildman–Crippen MR) is 148 cm³/mol. The lowest BCUT2D eigenvalue weighted by atomic mass is 9.74. The van der Waals surface area contributed by atoms with Gasteiger partial charge < -0.3 is 15.1 Å². The first-order valence-electron chi connectivity index (χ1n) is 12.7. The van der Waals surface area contributed by atoms with Crippen molar-refractivity contribution in [2.45, 2.75) is 38.5 Å². The molecule has 0 amide bonds. The Morgan fingerprint density at radius 1 is 0.947 bits per heavy atom. The van der Waals surface area contributed by atoms with Gasteiger partial charge in [-0.25, -0.2) is 0 Å². The number of nitrogens with zero attached hydrogens (tertiary/aromatic N) is 4. The summed E-state index contributed by atoms with van der Waals surface area (Å²) >= 11 is 0. The molecule has 0 aromatic heterocycles. The molecule has 2 heterocycles. The van der Waals surface area contributed by atoms with Crippen LogP contribution in [0.2, 0.25) is 0 Å². The van der Waals surface area contributed by atoms with Crippen LogP contribution in [0.5, 0.6) is 0 Å². The van der Waals surface area contributed by atoms with Crippen LogP contribution in [0.3, 0.4) is 0 Å². The second kappa shape index (κ2) is 8.87. The SMILES string of the molecule is C[N+]1=C(C=C2C(O)=C(C=C3N(CCO)c4ccccc4C3(C)C)C2=C(C#N)C#N)C(C)(C)c2ccccc21. The van der Waals surface area contributed by atoms with Crippen LogP contribution in [0.4, 0.5) is 11.4 Å². The summed E-state index contributed by atoms with van der Waals surface area (Å²) in [6.45, 7) is 8.82. The highest BCUT2D eigenvalue weighted by Crippen LogP contribution is 2.51. The van der Waals surface area contributed by atoms with Crippen molar-refractivity contribution in [3.63, 3.8) is 0 Å². The Bertz CT molecular complexity index is 1600. The van der Waals surface area contributed by atoms with Crippen molar-refractivity contribution in [3.8, 4) is 12.1 Å². The number of hydrogen-bond donors (Lipinski definition) is 2. The van der Waals surface area contributed by atoms with Gasteiger partial charge in [0.2, 0.25) is 5.69 Å². The van der Waals surface area contributed by atoms with E-state index in [1.54, 1.807) is 0 Å². The van der Waals surface area contributed by atoms with E-state index in [0.29, 0.717) is 23.3 Å². The minimum atomic E-state index is -0.410. The summed E-state index contributed by atoms with van der Waals surface area (Å²) in [5.74, 6) is 0.0545. The molecule has 0 bridgehead atoms. The second-order valence-corrected chi connectivity index (χ2v) is 10.9. The molecule has 0 spiro atoms. The van der Waals surface area contributed by atoms with Crippen molar-refractivity contribution in [2.75, 3.05) is 25.1 Å². The van der Waals surface area contributed by atoms with Crippen molar-refractivity contribution in [1.29, 1.82) is 10.5 Å². The third-order valence-electron chi connectivity index (χ3n) is 8.15. The maximum absolute atomic E-state index is 11.4. The van der Waals surface area contributed by atoms with Gasteiger partial charge in [0.05, 0.1) is 12.0 Å². The standard InChI is InChI=1S/C32H30N4O2/c1-31(2)23-10-6-8-12-25(23)35(5)27(31)16-21-29(20(18-33)19-34)22(30(21)38)17-28-32(3,4)24-11-7-9-13-26(24)36(28)14-15-37/h6-13,16-17,37H,14-15H2,1-5H3/p+1. The molecule has 6 nitrogen and oxygen atoms in total. The summed E-state index contributed by atoms with van der Waals surface area (Å²) in [7, 11) is 1.99. The Hall–Kier alpha value is -4.39. The first-order chi connectivity index (χ1) is 18.1. The average Bonchev–Trinajstić information content (AvgIpc) is 3.24. The van der Waals surface area contributed by atoms with Gasteiger partial charge >= 0.3 is 0 Å². The minimum Gasteiger partial charge on any atom is -0.507 e. The van der Waals surface area contributed by atoms with Crippen molar-refractivity contribution in [2.24, 2.45) is 0 Å². The number of rotatable bonds is 4. The molecule has 2 aliphatic heterocycles. The van der Waals surface area contributed by atoms with Gasteiger partial charge in [-0.05, 0) is 31.6 Å². The van der Waals surface area contributed by atoms with Crippen LogP contribution in [0.1, 0.15) is 38.8 Å². The Balaban J connectivity index is 1.70. The molecular weight excluding hydrogens is 472 g/mol. The number of allylic oxidation sites excluding steroid dienone is 6. The van der Waals surface area contributed by atoms with E-state index in [2.05, 4.69) is 50.5 Å². The molecule has 0 saturated carbocycles. The number of fused-ring (bicyclic) bond motifs is 2. The predicted octanol–water partition coefficient (Wildman–Crippen LogP) is 5.46. The van der Waals surface area contributed by atoms with Gasteiger partial charge in [-0.15, -0.1) is 0 Å². The van der Waals surface area contributed by atoms with Gasteiger partial charge in [0.15, 0.2) is 5.71 Å². The molecule has 5 rings (SSSR count). The van der Waals surface area contributed by atoms with Gasteiger partial charge in [0.25, 0.3) is 0 Å². The zero-order chi connectivity index (χ0) is 27.4. The van der Waals surface area contributed by atoms with Crippen LogP contribution in [0, 0.1) is 22.7 Å². The van der Waals surface area contributed by atoms with E-state index in [1.165, 1.54) is 5.56 Å². The zero-order valence-corrected chi connectivity index (χ0v) is 22.4. The largest absolute Gasteiger partial charge is 0.507 e. The zero-order valence-electron chi connectivity index (χ0n) is 22.4. The maximum atomic E-state index is 11.4. The van der Waals surface area contributed by atoms with Crippen LogP contribution in [-0.4, -0.2) is 40.7 Å². The van der Waals surface area contributed by atoms with Crippen LogP contribution >= 0.6 is 0 Å². The van der Waals surface area contributed by atoms with Gasteiger partial charge in [-0.2, -0.15) is 15.1 Å². The van der Waals surface area contributed by atoms with Gasteiger partial charge in [-0.3, -0.25) is 0 Å². The quantitative estimate of drug-likeness (QED) is 0.427. The highest BCUT2D eigenvalue weighted by atomic mass is 16.3. The van der Waals surface area contributed by atoms with Crippen LogP contribution < -0.4 is 4.90 Å². The number of nitriles is 2. The molecule has 6 heteroatoms. The molecule has 1 aliphatic carbocycles. The van der Waals surface area contributed by atoms with Gasteiger partial charge in [-0.1, -0.05) is 50.2 Å². The van der Waals surface area contributed by atoms with E-state index in [-0.39, 0.29) is 23.4 Å². The normalized spacial score (nSPS) is 20.8. The molecule has 0 atom stereocenters. The number of aliphatic hydroxyl groups is 2. The first-order valence-corrected chi connectivity index (χ1v) is 12.7. The molecule has 3 aliphatic rings. The Labute approximate surface area is 223 Å². The fraction of sp³-hybridized carbons (Fsp3) is 0.281. The van der Waals surface area contributed by atoms with E-state index >= 15 is 0 Å². The highest BCUT2D eigenvalue weighted by Gasteiger charge is 2.46. The molecule has 2 aromatic carbocycles. The van der Waals surface area contributed by atoms with E-state index in [0.717, 1.165) is 28.3 Å². The van der Waals surface area contributed by atoms with E-state index < -0.39 is 5.41 Å². The lowest BCUT2D eigenvalue weighted by Crippen LogP contribution is -2.30. The van der Waals surface area contributed by atoms with Crippen molar-refractivity contribution in [1.82, 2.24) is 0 Å². The van der Waals surface area contributed by atoms with Crippen molar-refractivity contribution >= 4 is 17.1 Å². The van der Waals surface area contributed by atoms with Crippen LogP contribution in [0.25, 0.3) is 0 Å². The van der Waals surface area contributed by atoms with E-state index in [9.17, 15) is 20.7 Å². The third kappa shape index (κ3) is 3.45. The smallest absolute Gasteiger partial charge is 0.209 e. The molecule has 0 saturated heterocycles. The number of hydrogen-bond acceptors (Lipinski definition) is 5. The minimum absolute atomic E-state index is 0.0391. The Morgan fingerprint density at radius 2 is 1.58 bits per heavy atom. The van der Waals surface area contributed by atoms with E-state index in [4.69, 9.17) is 0 Å². The number of benzene rings is 2. The molecule has 0 unspecified atom stereocenters. The Kier molecular flexibility index (Phi) is 5.90. The molecule has 0 radical (unpaired) electrons. The van der Waals surface area contributed by atoms with Crippen LogP contribution in [0.15, 0.2) is 94.4 Å². The Morgan fingerprint density at radius 3 is 2.21 bits per heavy atom. The van der Waals surface area contributed by atoms with Crippen LogP contribution in [-0.2, 0) is 10.8 Å². The second-order valence-electron chi connectivity index (χ2n) is 10.9. The molecule has 2 aromatic rings. The lowest BCUT2D eigenvalue weighted by Gasteiger charge is -2.31. The summed E-state index contributed by atoms with van der Waals surface area (Å²) < 4.78 is 2.10. The molecular formula is C32H31N4O2+. The number of para-hydroxylation sites is 2. The fourth-order valence-corrected chi connectivity index (χ4v) is 6.13. The van der Waals surface area contributed by atoms with Crippen molar-refractivity contribution in [3.05, 3.63) is 106 Å². The first kappa shape index (κ1) is 25.3. The van der Waals surface area contributed by atoms with E-state index in [1.807, 2.05) is 66.6 Å². The number of aliphatic hydroxyl groups excluding tert-OH is 2. The van der Waals surface area contributed by atoms with Gasteiger partial charge in [0, 0.05) is 57.8 Å². The van der Waals surface area contributed by atoms with Gasteiger partial charge in [0.1, 0.15) is 30.5 Å². The summed E-state index contributed by atoms with van der Waals surface area (Å²) in [6, 6.07) is 20.3. The topological polar surface area (TPSA) is 94.3 Å². The highest BCUT2D eigenvalue weighted by molar-refractivity contribution is 6.05. The number of β-amino-alcohol motifs (C(OH)–C–C–N with tert-alkyl or cyclic N) is 1. The summed E-state index contributed by atoms with van der Waals surface area (Å²) in [6.07, 6.45) is 3.77. The summed E-state index contributed by atoms with van der Waals surface area (Å²) in [5.41, 5.74) is 6.85. The average molecular weight is 504 g/mol. The monoisotopic (exact) mass is 503 g/mol. The lowest BCUT2D eigenvalue weighted by molar-refractivity contribution is -0.401. The molecule has 0 fully saturated rings. The maximum Gasteiger partial charge on any atom is 0.209 e. The molecule has 2 N–H and O–H groups in total. The number of anilines is 1. The molecule has 190 valence electrons.